The first-order valence-corrected chi connectivity index (χ1v) is 8.98. The van der Waals surface area contributed by atoms with Crippen LogP contribution in [0.4, 0.5) is 0 Å². The van der Waals surface area contributed by atoms with Crippen LogP contribution >= 0.6 is 27.3 Å². The van der Waals surface area contributed by atoms with E-state index in [2.05, 4.69) is 60.2 Å². The third-order valence-corrected chi connectivity index (χ3v) is 5.08. The standard InChI is InChI=1S/C17H22BrNOS/c1-4-14-7-8-15(21-14)11-20-17-9-6-13(18)10-16(17)12(3)19-5-2/h6-10,12,19H,4-5,11H2,1-3H3. The van der Waals surface area contributed by atoms with Crippen molar-refractivity contribution in [2.75, 3.05) is 6.54 Å². The average Bonchev–Trinajstić information content (AvgIpc) is 2.94. The molecule has 2 nitrogen and oxygen atoms in total. The number of thiophene rings is 1. The quantitative estimate of drug-likeness (QED) is 0.714. The largest absolute Gasteiger partial charge is 0.488 e. The minimum absolute atomic E-state index is 0.275. The van der Waals surface area contributed by atoms with Gasteiger partial charge in [-0.05, 0) is 50.2 Å². The molecule has 21 heavy (non-hydrogen) atoms. The number of hydrogen-bond donors (Lipinski definition) is 1. The summed E-state index contributed by atoms with van der Waals surface area (Å²) in [5.74, 6) is 0.957. The maximum Gasteiger partial charge on any atom is 0.124 e. The average molecular weight is 368 g/mol. The molecule has 0 saturated heterocycles. The smallest absolute Gasteiger partial charge is 0.124 e. The van der Waals surface area contributed by atoms with Gasteiger partial charge in [-0.15, -0.1) is 11.3 Å². The summed E-state index contributed by atoms with van der Waals surface area (Å²) in [5, 5.41) is 3.44. The van der Waals surface area contributed by atoms with E-state index in [1.165, 1.54) is 15.3 Å². The number of benzene rings is 1. The Morgan fingerprint density at radius 2 is 1.95 bits per heavy atom. The molecule has 1 unspecified atom stereocenters. The second-order valence-electron chi connectivity index (χ2n) is 4.97. The lowest BCUT2D eigenvalue weighted by Gasteiger charge is -2.18. The molecule has 1 aromatic heterocycles. The van der Waals surface area contributed by atoms with Crippen molar-refractivity contribution in [1.29, 1.82) is 0 Å². The topological polar surface area (TPSA) is 21.3 Å². The van der Waals surface area contributed by atoms with Crippen molar-refractivity contribution in [2.24, 2.45) is 0 Å². The van der Waals surface area contributed by atoms with Crippen LogP contribution in [0, 0.1) is 0 Å². The zero-order valence-electron chi connectivity index (χ0n) is 12.8. The minimum atomic E-state index is 0.275. The maximum atomic E-state index is 6.05. The summed E-state index contributed by atoms with van der Waals surface area (Å²) in [5.41, 5.74) is 1.19. The van der Waals surface area contributed by atoms with E-state index in [0.717, 1.165) is 23.2 Å². The van der Waals surface area contributed by atoms with Gasteiger partial charge in [0.05, 0.1) is 0 Å². The van der Waals surface area contributed by atoms with Crippen molar-refractivity contribution in [3.63, 3.8) is 0 Å². The molecule has 0 saturated carbocycles. The van der Waals surface area contributed by atoms with Crippen molar-refractivity contribution < 1.29 is 4.74 Å². The number of hydrogen-bond acceptors (Lipinski definition) is 3. The van der Waals surface area contributed by atoms with E-state index >= 15 is 0 Å². The zero-order chi connectivity index (χ0) is 15.2. The SMILES string of the molecule is CCNC(C)c1cc(Br)ccc1OCc1ccc(CC)s1. The Morgan fingerprint density at radius 3 is 2.62 bits per heavy atom. The van der Waals surface area contributed by atoms with E-state index in [0.29, 0.717) is 6.61 Å². The second kappa shape index (κ2) is 7.97. The van der Waals surface area contributed by atoms with Crippen LogP contribution < -0.4 is 10.1 Å². The number of halogens is 1. The van der Waals surface area contributed by atoms with Gasteiger partial charge in [-0.25, -0.2) is 0 Å². The van der Waals surface area contributed by atoms with E-state index in [1.807, 2.05) is 23.5 Å². The van der Waals surface area contributed by atoms with Gasteiger partial charge in [0.1, 0.15) is 12.4 Å². The molecule has 2 rings (SSSR count). The van der Waals surface area contributed by atoms with Crippen LogP contribution in [0.1, 0.15) is 42.1 Å². The zero-order valence-corrected chi connectivity index (χ0v) is 15.2. The van der Waals surface area contributed by atoms with Gasteiger partial charge >= 0.3 is 0 Å². The molecule has 0 fully saturated rings. The minimum Gasteiger partial charge on any atom is -0.488 e. The van der Waals surface area contributed by atoms with Crippen molar-refractivity contribution in [3.05, 3.63) is 50.1 Å². The van der Waals surface area contributed by atoms with Gasteiger partial charge in [-0.3, -0.25) is 0 Å². The highest BCUT2D eigenvalue weighted by Gasteiger charge is 2.12. The molecule has 1 N–H and O–H groups in total. The summed E-state index contributed by atoms with van der Waals surface area (Å²) >= 11 is 5.37. The van der Waals surface area contributed by atoms with E-state index in [4.69, 9.17) is 4.74 Å². The lowest BCUT2D eigenvalue weighted by atomic mass is 10.1. The first-order chi connectivity index (χ1) is 10.1. The lowest BCUT2D eigenvalue weighted by molar-refractivity contribution is 0.303. The summed E-state index contributed by atoms with van der Waals surface area (Å²) in [4.78, 5) is 2.68. The van der Waals surface area contributed by atoms with Gasteiger partial charge in [0.2, 0.25) is 0 Å². The first kappa shape index (κ1) is 16.5. The van der Waals surface area contributed by atoms with Crippen LogP contribution in [-0.4, -0.2) is 6.54 Å². The number of ether oxygens (including phenoxy) is 1. The molecule has 0 radical (unpaired) electrons. The molecular formula is C17H22BrNOS. The number of rotatable bonds is 7. The molecule has 0 aliphatic heterocycles. The Balaban J connectivity index is 2.11. The highest BCUT2D eigenvalue weighted by Crippen LogP contribution is 2.30. The van der Waals surface area contributed by atoms with Gasteiger partial charge in [0.25, 0.3) is 0 Å². The van der Waals surface area contributed by atoms with Crippen molar-refractivity contribution >= 4 is 27.3 Å². The molecule has 114 valence electrons. The molecule has 0 spiro atoms. The van der Waals surface area contributed by atoms with Crippen LogP contribution in [0.15, 0.2) is 34.8 Å². The normalized spacial score (nSPS) is 12.4. The van der Waals surface area contributed by atoms with Crippen molar-refractivity contribution in [3.8, 4) is 5.75 Å². The highest BCUT2D eigenvalue weighted by atomic mass is 79.9. The molecule has 0 aliphatic carbocycles. The summed E-state index contributed by atoms with van der Waals surface area (Å²) < 4.78 is 7.14. The van der Waals surface area contributed by atoms with Gasteiger partial charge < -0.3 is 10.1 Å². The lowest BCUT2D eigenvalue weighted by Crippen LogP contribution is -2.18. The van der Waals surface area contributed by atoms with Crippen LogP contribution in [0.25, 0.3) is 0 Å². The molecule has 0 amide bonds. The Labute approximate surface area is 139 Å². The number of aryl methyl sites for hydroxylation is 1. The van der Waals surface area contributed by atoms with Crippen LogP contribution in [0.2, 0.25) is 0 Å². The molecule has 0 aliphatic rings. The van der Waals surface area contributed by atoms with Crippen molar-refractivity contribution in [1.82, 2.24) is 5.32 Å². The van der Waals surface area contributed by atoms with Crippen LogP contribution in [-0.2, 0) is 13.0 Å². The predicted molar refractivity (Wildman–Crippen MR) is 94.3 cm³/mol. The summed E-state index contributed by atoms with van der Waals surface area (Å²) in [6.07, 6.45) is 1.09. The van der Waals surface area contributed by atoms with E-state index in [9.17, 15) is 0 Å². The van der Waals surface area contributed by atoms with Gasteiger partial charge in [0.15, 0.2) is 0 Å². The predicted octanol–water partition coefficient (Wildman–Crippen LogP) is 5.32. The fourth-order valence-corrected chi connectivity index (χ4v) is 3.49. The molecule has 0 bridgehead atoms. The van der Waals surface area contributed by atoms with E-state index in [-0.39, 0.29) is 6.04 Å². The monoisotopic (exact) mass is 367 g/mol. The molecule has 1 atom stereocenters. The fourth-order valence-electron chi connectivity index (χ4n) is 2.24. The third-order valence-electron chi connectivity index (χ3n) is 3.38. The molecule has 1 aromatic carbocycles. The van der Waals surface area contributed by atoms with E-state index < -0.39 is 0 Å². The molecule has 1 heterocycles. The fraction of sp³-hybridized carbons (Fsp3) is 0.412. The number of nitrogens with one attached hydrogen (secondary N) is 1. The van der Waals surface area contributed by atoms with Crippen LogP contribution in [0.3, 0.4) is 0 Å². The maximum absolute atomic E-state index is 6.05. The first-order valence-electron chi connectivity index (χ1n) is 7.37. The van der Waals surface area contributed by atoms with Crippen LogP contribution in [0.5, 0.6) is 5.75 Å². The van der Waals surface area contributed by atoms with Gasteiger partial charge in [-0.1, -0.05) is 29.8 Å². The Hall–Kier alpha value is -0.840. The molecule has 2 aromatic rings. The summed E-state index contributed by atoms with van der Waals surface area (Å²) in [6, 6.07) is 10.8. The highest BCUT2D eigenvalue weighted by molar-refractivity contribution is 9.10. The molecular weight excluding hydrogens is 346 g/mol. The Morgan fingerprint density at radius 1 is 1.19 bits per heavy atom. The van der Waals surface area contributed by atoms with Gasteiger partial charge in [0, 0.05) is 25.8 Å². The Bertz CT molecular complexity index is 582. The third kappa shape index (κ3) is 4.56. The van der Waals surface area contributed by atoms with E-state index in [1.54, 1.807) is 0 Å². The Kier molecular flexibility index (Phi) is 6.27. The summed E-state index contributed by atoms with van der Waals surface area (Å²) in [6.45, 7) is 8.04. The summed E-state index contributed by atoms with van der Waals surface area (Å²) in [7, 11) is 0. The van der Waals surface area contributed by atoms with Gasteiger partial charge in [-0.2, -0.15) is 0 Å². The molecule has 4 heteroatoms. The second-order valence-corrected chi connectivity index (χ2v) is 7.14. The van der Waals surface area contributed by atoms with Crippen molar-refractivity contribution in [2.45, 2.75) is 39.8 Å².